The number of rotatable bonds is 4. The summed E-state index contributed by atoms with van der Waals surface area (Å²) >= 11 is 1.36. The van der Waals surface area contributed by atoms with Crippen molar-refractivity contribution < 1.29 is 23.1 Å². The van der Waals surface area contributed by atoms with E-state index in [2.05, 4.69) is 14.6 Å². The van der Waals surface area contributed by atoms with Crippen LogP contribution >= 0.6 is 11.3 Å². The molecule has 9 nitrogen and oxygen atoms in total. The number of aryl methyl sites for hydroxylation is 1. The highest BCUT2D eigenvalue weighted by Crippen LogP contribution is 2.44. The molecule has 6 rings (SSSR count). The molecule has 0 spiro atoms. The summed E-state index contributed by atoms with van der Waals surface area (Å²) in [6, 6.07) is 3.61. The monoisotopic (exact) mass is 612 g/mol. The Hall–Kier alpha value is -3.54. The molecular formula is C31H38F2N6O3S. The highest BCUT2D eigenvalue weighted by molar-refractivity contribution is 7.13. The van der Waals surface area contributed by atoms with Gasteiger partial charge in [-0.2, -0.15) is 5.10 Å². The quantitative estimate of drug-likeness (QED) is 0.334. The van der Waals surface area contributed by atoms with Crippen LogP contribution in [0.5, 0.6) is 0 Å². The zero-order valence-corrected chi connectivity index (χ0v) is 25.9. The third kappa shape index (κ3) is 5.85. The zero-order valence-electron chi connectivity index (χ0n) is 25.1. The van der Waals surface area contributed by atoms with Gasteiger partial charge in [0.15, 0.2) is 5.82 Å². The fourth-order valence-corrected chi connectivity index (χ4v) is 7.11. The predicted octanol–water partition coefficient (Wildman–Crippen LogP) is 6.51. The minimum atomic E-state index is -2.64. The van der Waals surface area contributed by atoms with Gasteiger partial charge in [-0.1, -0.05) is 0 Å². The Kier molecular flexibility index (Phi) is 7.91. The molecule has 0 radical (unpaired) electrons. The number of carbonyl (C=O) groups is 2. The fraction of sp³-hybridized carbons (Fsp3) is 0.548. The standard InChI is InChI=1S/C31H38F2N6O3S/c1-19(40)37-13-9-25-24(17-37)29(35-39(25)21-7-11-36(12-8-21)30(41)42-31(2,3)4)38-10-5-6-20-14-22(27-16-34-18-43-27)23(28(32)33)15-26(20)38/h14-16,18,21,28H,5-13,17H2,1-4H3. The molecule has 3 aromatic rings. The van der Waals surface area contributed by atoms with Crippen LogP contribution in [0.1, 0.15) is 81.8 Å². The first-order valence-electron chi connectivity index (χ1n) is 14.9. The third-order valence-electron chi connectivity index (χ3n) is 8.53. The highest BCUT2D eigenvalue weighted by Gasteiger charge is 2.35. The lowest BCUT2D eigenvalue weighted by molar-refractivity contribution is -0.129. The van der Waals surface area contributed by atoms with Crippen LogP contribution in [0, 0.1) is 0 Å². The molecule has 0 atom stereocenters. The van der Waals surface area contributed by atoms with E-state index in [1.54, 1.807) is 29.6 Å². The SMILES string of the molecule is CC(=O)N1CCc2c(c(N3CCCc4cc(-c5cncs5)c(C(F)F)cc43)nn2C2CCN(C(=O)OC(C)(C)C)CC2)C1. The number of aromatic nitrogens is 3. The lowest BCUT2D eigenvalue weighted by Gasteiger charge is -2.34. The van der Waals surface area contributed by atoms with Crippen molar-refractivity contribution in [1.82, 2.24) is 24.6 Å². The largest absolute Gasteiger partial charge is 0.444 e. The second-order valence-corrected chi connectivity index (χ2v) is 13.5. The van der Waals surface area contributed by atoms with Gasteiger partial charge in [0.25, 0.3) is 6.43 Å². The summed E-state index contributed by atoms with van der Waals surface area (Å²) in [6.07, 6.45) is 2.47. The second kappa shape index (κ2) is 11.5. The summed E-state index contributed by atoms with van der Waals surface area (Å²) in [7, 11) is 0. The number of ether oxygens (including phenoxy) is 1. The molecule has 230 valence electrons. The van der Waals surface area contributed by atoms with Crippen LogP contribution in [-0.2, 0) is 28.9 Å². The number of alkyl halides is 2. The Morgan fingerprint density at radius 1 is 1.07 bits per heavy atom. The number of nitrogens with zero attached hydrogens (tertiary/aromatic N) is 6. The molecule has 5 heterocycles. The maximum Gasteiger partial charge on any atom is 0.410 e. The summed E-state index contributed by atoms with van der Waals surface area (Å²) in [4.78, 5) is 35.6. The molecule has 3 aliphatic rings. The van der Waals surface area contributed by atoms with Gasteiger partial charge in [-0.05, 0) is 64.2 Å². The molecule has 3 aliphatic heterocycles. The van der Waals surface area contributed by atoms with E-state index in [1.807, 2.05) is 31.7 Å². The van der Waals surface area contributed by atoms with Crippen LogP contribution < -0.4 is 4.90 Å². The third-order valence-corrected chi connectivity index (χ3v) is 9.34. The van der Waals surface area contributed by atoms with E-state index >= 15 is 0 Å². The summed E-state index contributed by atoms with van der Waals surface area (Å²) < 4.78 is 36.5. The first kappa shape index (κ1) is 29.5. The molecule has 12 heteroatoms. The van der Waals surface area contributed by atoms with Crippen molar-refractivity contribution in [2.75, 3.05) is 31.1 Å². The molecule has 0 unspecified atom stereocenters. The minimum absolute atomic E-state index is 0.00301. The molecular weight excluding hydrogens is 574 g/mol. The van der Waals surface area contributed by atoms with E-state index in [0.29, 0.717) is 44.7 Å². The molecule has 0 bridgehead atoms. The molecule has 43 heavy (non-hydrogen) atoms. The number of hydrogen-bond donors (Lipinski definition) is 0. The Balaban J connectivity index is 1.36. The van der Waals surface area contributed by atoms with Crippen molar-refractivity contribution in [2.24, 2.45) is 0 Å². The molecule has 1 aromatic carbocycles. The Morgan fingerprint density at radius 2 is 1.84 bits per heavy atom. The number of piperidine rings is 1. The molecule has 0 aliphatic carbocycles. The number of amides is 2. The van der Waals surface area contributed by atoms with Gasteiger partial charge >= 0.3 is 6.09 Å². The van der Waals surface area contributed by atoms with E-state index < -0.39 is 12.0 Å². The number of fused-ring (bicyclic) bond motifs is 2. The van der Waals surface area contributed by atoms with Gasteiger partial charge in [0.2, 0.25) is 5.91 Å². The lowest BCUT2D eigenvalue weighted by Crippen LogP contribution is -2.42. The normalized spacial score (nSPS) is 17.7. The van der Waals surface area contributed by atoms with Gasteiger partial charge in [-0.25, -0.2) is 13.6 Å². The molecule has 1 saturated heterocycles. The van der Waals surface area contributed by atoms with Crippen molar-refractivity contribution >= 4 is 34.8 Å². The fourth-order valence-electron chi connectivity index (χ4n) is 6.45. The topological polar surface area (TPSA) is 83.8 Å². The number of benzene rings is 1. The van der Waals surface area contributed by atoms with E-state index in [-0.39, 0.29) is 23.6 Å². The Labute approximate surface area is 254 Å². The van der Waals surface area contributed by atoms with Gasteiger partial charge in [-0.15, -0.1) is 11.3 Å². The van der Waals surface area contributed by atoms with Crippen molar-refractivity contribution in [1.29, 1.82) is 0 Å². The Bertz CT molecular complexity index is 1510. The number of halogens is 2. The Morgan fingerprint density at radius 3 is 2.49 bits per heavy atom. The van der Waals surface area contributed by atoms with Crippen LogP contribution in [0.2, 0.25) is 0 Å². The summed E-state index contributed by atoms with van der Waals surface area (Å²) in [5.74, 6) is 0.741. The highest BCUT2D eigenvalue weighted by atomic mass is 32.1. The maximum absolute atomic E-state index is 14.4. The number of thiazole rings is 1. The minimum Gasteiger partial charge on any atom is -0.444 e. The van der Waals surface area contributed by atoms with Gasteiger partial charge in [0, 0.05) is 73.8 Å². The first-order chi connectivity index (χ1) is 20.5. The number of carbonyl (C=O) groups excluding carboxylic acids is 2. The molecule has 1 fully saturated rings. The smallest absolute Gasteiger partial charge is 0.410 e. The number of likely N-dealkylation sites (tertiary alicyclic amines) is 1. The summed E-state index contributed by atoms with van der Waals surface area (Å²) in [6.45, 7) is 9.98. The van der Waals surface area contributed by atoms with Gasteiger partial charge in [0.1, 0.15) is 5.60 Å². The van der Waals surface area contributed by atoms with E-state index in [0.717, 1.165) is 58.9 Å². The van der Waals surface area contributed by atoms with Gasteiger partial charge in [0.05, 0.1) is 23.0 Å². The molecule has 2 aromatic heterocycles. The van der Waals surface area contributed by atoms with Crippen molar-refractivity contribution in [3.05, 3.63) is 46.2 Å². The van der Waals surface area contributed by atoms with Gasteiger partial charge in [-0.3, -0.25) is 14.5 Å². The predicted molar refractivity (Wildman–Crippen MR) is 161 cm³/mol. The summed E-state index contributed by atoms with van der Waals surface area (Å²) in [5, 5.41) is 5.18. The van der Waals surface area contributed by atoms with Crippen molar-refractivity contribution in [3.8, 4) is 10.4 Å². The maximum atomic E-state index is 14.4. The summed E-state index contributed by atoms with van der Waals surface area (Å²) in [5.41, 5.74) is 5.46. The molecule has 2 amide bonds. The van der Waals surface area contributed by atoms with E-state index in [9.17, 15) is 18.4 Å². The molecule has 0 saturated carbocycles. The lowest BCUT2D eigenvalue weighted by atomic mass is 9.94. The van der Waals surface area contributed by atoms with Crippen LogP contribution in [0.3, 0.4) is 0 Å². The average molecular weight is 613 g/mol. The number of anilines is 2. The average Bonchev–Trinajstić information content (AvgIpc) is 3.64. The second-order valence-electron chi connectivity index (χ2n) is 12.6. The van der Waals surface area contributed by atoms with Crippen LogP contribution in [-0.4, -0.2) is 68.3 Å². The molecule has 0 N–H and O–H groups in total. The van der Waals surface area contributed by atoms with Gasteiger partial charge < -0.3 is 19.4 Å². The van der Waals surface area contributed by atoms with Crippen LogP contribution in [0.4, 0.5) is 25.1 Å². The van der Waals surface area contributed by atoms with Crippen molar-refractivity contribution in [3.63, 3.8) is 0 Å². The van der Waals surface area contributed by atoms with E-state index in [4.69, 9.17) is 9.84 Å². The first-order valence-corrected chi connectivity index (χ1v) is 15.8. The van der Waals surface area contributed by atoms with Crippen LogP contribution in [0.15, 0.2) is 23.8 Å². The number of hydrogen-bond acceptors (Lipinski definition) is 7. The van der Waals surface area contributed by atoms with Crippen LogP contribution in [0.25, 0.3) is 10.4 Å². The van der Waals surface area contributed by atoms with Crippen molar-refractivity contribution in [2.45, 2.75) is 84.4 Å². The van der Waals surface area contributed by atoms with E-state index in [1.165, 1.54) is 11.3 Å². The zero-order chi connectivity index (χ0) is 30.5.